The molecule has 1 fully saturated rings. The molecule has 1 saturated heterocycles. The second-order valence-corrected chi connectivity index (χ2v) is 13.8. The highest BCUT2D eigenvalue weighted by Gasteiger charge is 2.29. The van der Waals surface area contributed by atoms with Gasteiger partial charge in [-0.15, -0.1) is 0 Å². The first-order chi connectivity index (χ1) is 24.9. The largest absolute Gasteiger partial charge is 0.486 e. The third kappa shape index (κ3) is 6.67. The standard InChI is InChI=1S/C41H36Cl2N4O4/c1-25(39-35(42)22-44-23-36(39)43)51-28-16-17-37-33(20-28)40(46-47(37)38-15-6-7-18-49-38)27-10-8-9-26(19-27)21-45-41(48)50-24-34-31-13-4-2-11-29(31)30-12-3-5-14-32(30)34/h2-5,8-14,16-17,19-20,22-23,25,34,38H,6-7,15,18,21,24H2,1H3,(H,45,48)/t25-,38?/m1/s1. The molecule has 51 heavy (non-hydrogen) atoms. The molecule has 4 aromatic carbocycles. The molecule has 1 amide bonds. The van der Waals surface area contributed by atoms with Gasteiger partial charge in [-0.05, 0) is 78.3 Å². The van der Waals surface area contributed by atoms with Crippen LogP contribution in [0.25, 0.3) is 33.3 Å². The maximum atomic E-state index is 13.0. The number of ether oxygens (including phenoxy) is 3. The van der Waals surface area contributed by atoms with E-state index in [1.807, 2.05) is 78.3 Å². The topological polar surface area (TPSA) is 87.5 Å². The maximum Gasteiger partial charge on any atom is 0.407 e. The minimum Gasteiger partial charge on any atom is -0.486 e. The normalized spacial score (nSPS) is 16.0. The van der Waals surface area contributed by atoms with Crippen LogP contribution in [0.5, 0.6) is 5.75 Å². The summed E-state index contributed by atoms with van der Waals surface area (Å²) in [6.07, 6.45) is 5.08. The zero-order chi connectivity index (χ0) is 34.9. The highest BCUT2D eigenvalue weighted by Crippen LogP contribution is 2.44. The summed E-state index contributed by atoms with van der Waals surface area (Å²) in [6.45, 7) is 3.17. The molecule has 1 unspecified atom stereocenters. The van der Waals surface area contributed by atoms with Crippen molar-refractivity contribution in [2.24, 2.45) is 0 Å². The molecule has 2 atom stereocenters. The summed E-state index contributed by atoms with van der Waals surface area (Å²) in [6, 6.07) is 30.6. The van der Waals surface area contributed by atoms with E-state index < -0.39 is 12.2 Å². The van der Waals surface area contributed by atoms with E-state index in [1.165, 1.54) is 22.3 Å². The van der Waals surface area contributed by atoms with Crippen molar-refractivity contribution in [1.82, 2.24) is 20.1 Å². The SMILES string of the molecule is C[C@@H](Oc1ccc2c(c1)c(-c1cccc(CNC(=O)OCC3c4ccccc4-c4ccccc43)c1)nn2C1CCCCO1)c1c(Cl)cncc1Cl. The van der Waals surface area contributed by atoms with Gasteiger partial charge >= 0.3 is 6.09 Å². The van der Waals surface area contributed by atoms with Crippen molar-refractivity contribution in [2.45, 2.75) is 51.0 Å². The summed E-state index contributed by atoms with van der Waals surface area (Å²) in [5, 5.41) is 9.87. The first-order valence-corrected chi connectivity index (χ1v) is 18.0. The zero-order valence-electron chi connectivity index (χ0n) is 28.0. The maximum absolute atomic E-state index is 13.0. The minimum absolute atomic E-state index is 0.00135. The van der Waals surface area contributed by atoms with Crippen LogP contribution in [0.2, 0.25) is 10.0 Å². The van der Waals surface area contributed by atoms with Crippen molar-refractivity contribution in [2.75, 3.05) is 13.2 Å². The number of hydrogen-bond acceptors (Lipinski definition) is 6. The van der Waals surface area contributed by atoms with Crippen LogP contribution < -0.4 is 10.1 Å². The third-order valence-corrected chi connectivity index (χ3v) is 10.3. The molecule has 0 radical (unpaired) electrons. The van der Waals surface area contributed by atoms with Gasteiger partial charge in [0.05, 0.1) is 15.6 Å². The lowest BCUT2D eigenvalue weighted by molar-refractivity contribution is -0.0365. The van der Waals surface area contributed by atoms with Crippen molar-refractivity contribution in [3.05, 3.63) is 136 Å². The molecule has 8 nitrogen and oxygen atoms in total. The van der Waals surface area contributed by atoms with Crippen LogP contribution >= 0.6 is 23.2 Å². The van der Waals surface area contributed by atoms with Crippen LogP contribution in [0.4, 0.5) is 4.79 Å². The van der Waals surface area contributed by atoms with E-state index in [-0.39, 0.29) is 18.8 Å². The van der Waals surface area contributed by atoms with Gasteiger partial charge in [-0.2, -0.15) is 5.10 Å². The predicted octanol–water partition coefficient (Wildman–Crippen LogP) is 10.3. The van der Waals surface area contributed by atoms with E-state index in [0.717, 1.165) is 47.0 Å². The van der Waals surface area contributed by atoms with Crippen molar-refractivity contribution < 1.29 is 19.0 Å². The van der Waals surface area contributed by atoms with Gasteiger partial charge in [0, 0.05) is 48.0 Å². The van der Waals surface area contributed by atoms with Crippen molar-refractivity contribution in [3.8, 4) is 28.1 Å². The number of rotatable bonds is 9. The molecule has 2 aromatic heterocycles. The number of benzene rings is 4. The van der Waals surface area contributed by atoms with Crippen molar-refractivity contribution >= 4 is 40.2 Å². The van der Waals surface area contributed by atoms with E-state index in [4.69, 9.17) is 42.5 Å². The van der Waals surface area contributed by atoms with Gasteiger partial charge in [-0.25, -0.2) is 9.48 Å². The molecular formula is C41H36Cl2N4O4. The van der Waals surface area contributed by atoms with Gasteiger partial charge in [-0.1, -0.05) is 89.9 Å². The van der Waals surface area contributed by atoms with Crippen LogP contribution in [-0.4, -0.2) is 34.1 Å². The fraction of sp³-hybridized carbons (Fsp3) is 0.244. The molecule has 3 heterocycles. The number of carbonyl (C=O) groups excluding carboxylic acids is 1. The molecule has 0 bridgehead atoms. The molecule has 1 aliphatic carbocycles. The zero-order valence-corrected chi connectivity index (χ0v) is 29.5. The number of alkyl carbamates (subject to hydrolysis) is 1. The Bertz CT molecular complexity index is 2170. The monoisotopic (exact) mass is 718 g/mol. The third-order valence-electron chi connectivity index (χ3n) is 9.70. The summed E-state index contributed by atoms with van der Waals surface area (Å²) in [4.78, 5) is 17.0. The Morgan fingerprint density at radius 3 is 2.41 bits per heavy atom. The molecule has 6 aromatic rings. The van der Waals surface area contributed by atoms with Gasteiger partial charge in [0.25, 0.3) is 0 Å². The number of amides is 1. The lowest BCUT2D eigenvalue weighted by Gasteiger charge is -2.23. The first kappa shape index (κ1) is 33.3. The molecule has 1 aliphatic heterocycles. The number of nitrogens with one attached hydrogen (secondary N) is 1. The highest BCUT2D eigenvalue weighted by atomic mass is 35.5. The molecule has 8 rings (SSSR count). The highest BCUT2D eigenvalue weighted by molar-refractivity contribution is 6.35. The van der Waals surface area contributed by atoms with Gasteiger partial charge in [0.2, 0.25) is 0 Å². The summed E-state index contributed by atoms with van der Waals surface area (Å²) < 4.78 is 20.3. The molecule has 1 N–H and O–H groups in total. The number of carbonyl (C=O) groups is 1. The average molecular weight is 720 g/mol. The fourth-order valence-corrected chi connectivity index (χ4v) is 7.94. The van der Waals surface area contributed by atoms with Gasteiger partial charge in [0.15, 0.2) is 6.23 Å². The van der Waals surface area contributed by atoms with Crippen molar-refractivity contribution in [3.63, 3.8) is 0 Å². The Kier molecular flexibility index (Phi) is 9.38. The van der Waals surface area contributed by atoms with E-state index >= 15 is 0 Å². The molecule has 258 valence electrons. The number of aromatic nitrogens is 3. The smallest absolute Gasteiger partial charge is 0.407 e. The Balaban J connectivity index is 1.02. The second-order valence-electron chi connectivity index (χ2n) is 12.9. The van der Waals surface area contributed by atoms with Crippen molar-refractivity contribution in [1.29, 1.82) is 0 Å². The number of halogens is 2. The van der Waals surface area contributed by atoms with Crippen LogP contribution in [0.3, 0.4) is 0 Å². The van der Waals surface area contributed by atoms with E-state index in [2.05, 4.69) is 34.6 Å². The van der Waals surface area contributed by atoms with E-state index in [9.17, 15) is 4.79 Å². The second kappa shape index (κ2) is 14.4. The number of pyridine rings is 1. The van der Waals surface area contributed by atoms with E-state index in [1.54, 1.807) is 12.4 Å². The number of hydrogen-bond donors (Lipinski definition) is 1. The molecule has 0 saturated carbocycles. The molecular weight excluding hydrogens is 683 g/mol. The summed E-state index contributed by atoms with van der Waals surface area (Å²) in [7, 11) is 0. The van der Waals surface area contributed by atoms with Gasteiger partial charge in [-0.3, -0.25) is 4.98 Å². The van der Waals surface area contributed by atoms with Gasteiger partial charge in [0.1, 0.15) is 24.2 Å². The van der Waals surface area contributed by atoms with Crippen LogP contribution in [0.15, 0.2) is 103 Å². The average Bonchev–Trinajstić information content (AvgIpc) is 3.69. The Hall–Kier alpha value is -4.89. The fourth-order valence-electron chi connectivity index (χ4n) is 7.27. The minimum atomic E-state index is -0.461. The lowest BCUT2D eigenvalue weighted by Crippen LogP contribution is -2.25. The first-order valence-electron chi connectivity index (χ1n) is 17.2. The molecule has 10 heteroatoms. The molecule has 0 spiro atoms. The summed E-state index contributed by atoms with van der Waals surface area (Å²) >= 11 is 12.9. The Morgan fingerprint density at radius 2 is 1.69 bits per heavy atom. The number of nitrogens with zero attached hydrogens (tertiary/aromatic N) is 3. The van der Waals surface area contributed by atoms with E-state index in [0.29, 0.717) is 34.5 Å². The lowest BCUT2D eigenvalue weighted by atomic mass is 9.98. The molecule has 2 aliphatic rings. The summed E-state index contributed by atoms with van der Waals surface area (Å²) in [5.41, 5.74) is 8.98. The van der Waals surface area contributed by atoms with Crippen LogP contribution in [0.1, 0.15) is 66.7 Å². The van der Waals surface area contributed by atoms with Gasteiger partial charge < -0.3 is 19.5 Å². The van der Waals surface area contributed by atoms with Crippen LogP contribution in [-0.2, 0) is 16.0 Å². The Labute approximate surface area is 306 Å². The quantitative estimate of drug-likeness (QED) is 0.160. The predicted molar refractivity (Wildman–Crippen MR) is 199 cm³/mol. The van der Waals surface area contributed by atoms with Crippen LogP contribution in [0, 0.1) is 0 Å². The number of fused-ring (bicyclic) bond motifs is 4. The Morgan fingerprint density at radius 1 is 0.941 bits per heavy atom. The summed E-state index contributed by atoms with van der Waals surface area (Å²) in [5.74, 6) is 0.649.